The summed E-state index contributed by atoms with van der Waals surface area (Å²) in [7, 11) is 1.62. The Kier molecular flexibility index (Phi) is 5.72. The third kappa shape index (κ3) is 5.37. The topological polar surface area (TPSA) is 54.5 Å². The lowest BCUT2D eigenvalue weighted by molar-refractivity contribution is -0.121. The molecule has 0 atom stereocenters. The van der Waals surface area contributed by atoms with Gasteiger partial charge in [0, 0.05) is 19.0 Å². The molecule has 2 rings (SSSR count). The number of hydrogen-bond acceptors (Lipinski definition) is 5. The van der Waals surface area contributed by atoms with E-state index < -0.39 is 5.60 Å². The minimum absolute atomic E-state index is 0.0549. The first-order valence-electron chi connectivity index (χ1n) is 7.50. The molecule has 1 N–H and O–H groups in total. The monoisotopic (exact) mass is 311 g/mol. The summed E-state index contributed by atoms with van der Waals surface area (Å²) in [5.74, 6) is -0.0549. The van der Waals surface area contributed by atoms with Gasteiger partial charge in [-0.25, -0.2) is 4.98 Å². The van der Waals surface area contributed by atoms with E-state index in [-0.39, 0.29) is 5.91 Å². The third-order valence-corrected chi connectivity index (χ3v) is 4.58. The van der Waals surface area contributed by atoms with Crippen LogP contribution in [0.15, 0.2) is 5.38 Å². The molecule has 0 unspecified atom stereocenters. The molecule has 0 aliphatic carbocycles. The van der Waals surface area contributed by atoms with Gasteiger partial charge in [-0.15, -0.1) is 11.3 Å². The van der Waals surface area contributed by atoms with Crippen LogP contribution in [0.25, 0.3) is 0 Å². The molecule has 1 fully saturated rings. The molecule has 1 aromatic heterocycles. The molecule has 0 spiro atoms. The normalized spacial score (nSPS) is 16.9. The first-order chi connectivity index (χ1) is 9.98. The van der Waals surface area contributed by atoms with Crippen LogP contribution in [0.4, 0.5) is 5.13 Å². The van der Waals surface area contributed by atoms with E-state index in [2.05, 4.69) is 15.2 Å². The average Bonchev–Trinajstić information content (AvgIpc) is 2.86. The standard InChI is InChI=1S/C15H25N3O2S/c1-15(2,20-3)9-13(19)17-14-16-12(11-21-14)10-18-7-5-4-6-8-18/h11H,4-10H2,1-3H3,(H,16,17,19). The van der Waals surface area contributed by atoms with Gasteiger partial charge in [0.25, 0.3) is 0 Å². The summed E-state index contributed by atoms with van der Waals surface area (Å²) in [4.78, 5) is 18.9. The van der Waals surface area contributed by atoms with Crippen molar-refractivity contribution in [1.29, 1.82) is 0 Å². The van der Waals surface area contributed by atoms with Crippen LogP contribution in [0.5, 0.6) is 0 Å². The summed E-state index contributed by atoms with van der Waals surface area (Å²) in [6.07, 6.45) is 4.22. The maximum atomic E-state index is 12.0. The summed E-state index contributed by atoms with van der Waals surface area (Å²) in [5.41, 5.74) is 0.598. The predicted octanol–water partition coefficient (Wildman–Crippen LogP) is 2.88. The van der Waals surface area contributed by atoms with Crippen molar-refractivity contribution in [2.45, 2.75) is 51.7 Å². The molecular formula is C15H25N3O2S. The maximum absolute atomic E-state index is 12.0. The molecular weight excluding hydrogens is 286 g/mol. The summed E-state index contributed by atoms with van der Waals surface area (Å²) in [6.45, 7) is 6.99. The van der Waals surface area contributed by atoms with E-state index in [9.17, 15) is 4.79 Å². The molecule has 0 radical (unpaired) electrons. The summed E-state index contributed by atoms with van der Waals surface area (Å²) in [6, 6.07) is 0. The molecule has 0 bridgehead atoms. The minimum Gasteiger partial charge on any atom is -0.378 e. The van der Waals surface area contributed by atoms with E-state index in [1.54, 1.807) is 7.11 Å². The van der Waals surface area contributed by atoms with E-state index in [1.807, 2.05) is 19.2 Å². The zero-order valence-corrected chi connectivity index (χ0v) is 14.0. The Morgan fingerprint density at radius 2 is 2.14 bits per heavy atom. The van der Waals surface area contributed by atoms with E-state index in [1.165, 1.54) is 30.6 Å². The number of amides is 1. The van der Waals surface area contributed by atoms with E-state index in [0.717, 1.165) is 25.3 Å². The Morgan fingerprint density at radius 1 is 1.43 bits per heavy atom. The van der Waals surface area contributed by atoms with Gasteiger partial charge in [0.15, 0.2) is 5.13 Å². The zero-order chi connectivity index (χ0) is 15.3. The van der Waals surface area contributed by atoms with Crippen LogP contribution in [0.1, 0.15) is 45.2 Å². The number of rotatable bonds is 6. The van der Waals surface area contributed by atoms with Crippen molar-refractivity contribution < 1.29 is 9.53 Å². The molecule has 6 heteroatoms. The molecule has 5 nitrogen and oxygen atoms in total. The number of ether oxygens (including phenoxy) is 1. The molecule has 0 aromatic carbocycles. The summed E-state index contributed by atoms with van der Waals surface area (Å²) < 4.78 is 5.27. The second-order valence-electron chi connectivity index (χ2n) is 6.17. The van der Waals surface area contributed by atoms with Crippen molar-refractivity contribution >= 4 is 22.4 Å². The molecule has 1 aliphatic rings. The Labute approximate surface area is 130 Å². The Morgan fingerprint density at radius 3 is 2.81 bits per heavy atom. The second-order valence-corrected chi connectivity index (χ2v) is 7.03. The van der Waals surface area contributed by atoms with Gasteiger partial charge in [0.2, 0.25) is 5.91 Å². The molecule has 2 heterocycles. The van der Waals surface area contributed by atoms with Crippen LogP contribution in [0, 0.1) is 0 Å². The number of methoxy groups -OCH3 is 1. The van der Waals surface area contributed by atoms with Gasteiger partial charge in [-0.1, -0.05) is 6.42 Å². The highest BCUT2D eigenvalue weighted by Crippen LogP contribution is 2.20. The van der Waals surface area contributed by atoms with Crippen molar-refractivity contribution in [3.63, 3.8) is 0 Å². The van der Waals surface area contributed by atoms with E-state index in [0.29, 0.717) is 11.6 Å². The highest BCUT2D eigenvalue weighted by Gasteiger charge is 2.21. The zero-order valence-electron chi connectivity index (χ0n) is 13.1. The highest BCUT2D eigenvalue weighted by molar-refractivity contribution is 7.13. The first kappa shape index (κ1) is 16.4. The van der Waals surface area contributed by atoms with Crippen LogP contribution in [-0.2, 0) is 16.1 Å². The van der Waals surface area contributed by atoms with Gasteiger partial charge in [-0.2, -0.15) is 0 Å². The summed E-state index contributed by atoms with van der Waals surface area (Å²) >= 11 is 1.49. The number of anilines is 1. The SMILES string of the molecule is COC(C)(C)CC(=O)Nc1nc(CN2CCCCC2)cs1. The second kappa shape index (κ2) is 7.33. The van der Waals surface area contributed by atoms with Crippen LogP contribution >= 0.6 is 11.3 Å². The molecule has 1 aliphatic heterocycles. The van der Waals surface area contributed by atoms with Gasteiger partial charge in [0.05, 0.1) is 17.7 Å². The average molecular weight is 311 g/mol. The van der Waals surface area contributed by atoms with Crippen LogP contribution in [-0.4, -0.2) is 41.6 Å². The number of nitrogens with one attached hydrogen (secondary N) is 1. The van der Waals surface area contributed by atoms with Crippen molar-refractivity contribution in [2.75, 3.05) is 25.5 Å². The molecule has 1 amide bonds. The number of carbonyl (C=O) groups excluding carboxylic acids is 1. The fourth-order valence-corrected chi connectivity index (χ4v) is 3.12. The first-order valence-corrected chi connectivity index (χ1v) is 8.38. The number of thiazole rings is 1. The van der Waals surface area contributed by atoms with Gasteiger partial charge >= 0.3 is 0 Å². The lowest BCUT2D eigenvalue weighted by Gasteiger charge is -2.25. The Bertz CT molecular complexity index is 467. The van der Waals surface area contributed by atoms with Gasteiger partial charge in [0.1, 0.15) is 0 Å². The molecule has 118 valence electrons. The smallest absolute Gasteiger partial charge is 0.229 e. The lowest BCUT2D eigenvalue weighted by Crippen LogP contribution is -2.30. The molecule has 21 heavy (non-hydrogen) atoms. The van der Waals surface area contributed by atoms with Gasteiger partial charge in [-0.3, -0.25) is 9.69 Å². The quantitative estimate of drug-likeness (QED) is 0.877. The predicted molar refractivity (Wildman–Crippen MR) is 85.6 cm³/mol. The van der Waals surface area contributed by atoms with Crippen molar-refractivity contribution in [3.8, 4) is 0 Å². The van der Waals surface area contributed by atoms with Crippen LogP contribution in [0.2, 0.25) is 0 Å². The highest BCUT2D eigenvalue weighted by atomic mass is 32.1. The number of nitrogens with zero attached hydrogens (tertiary/aromatic N) is 2. The number of likely N-dealkylation sites (tertiary alicyclic amines) is 1. The number of piperidine rings is 1. The van der Waals surface area contributed by atoms with Crippen molar-refractivity contribution in [2.24, 2.45) is 0 Å². The molecule has 1 aromatic rings. The maximum Gasteiger partial charge on any atom is 0.229 e. The summed E-state index contributed by atoms with van der Waals surface area (Å²) in [5, 5.41) is 5.57. The largest absolute Gasteiger partial charge is 0.378 e. The van der Waals surface area contributed by atoms with Crippen LogP contribution < -0.4 is 5.32 Å². The number of carbonyl (C=O) groups is 1. The lowest BCUT2D eigenvalue weighted by atomic mass is 10.1. The minimum atomic E-state index is -0.446. The van der Waals surface area contributed by atoms with Crippen LogP contribution in [0.3, 0.4) is 0 Å². The Hall–Kier alpha value is -0.980. The van der Waals surface area contributed by atoms with Crippen molar-refractivity contribution in [3.05, 3.63) is 11.1 Å². The fraction of sp³-hybridized carbons (Fsp3) is 0.733. The van der Waals surface area contributed by atoms with Crippen molar-refractivity contribution in [1.82, 2.24) is 9.88 Å². The number of hydrogen-bond donors (Lipinski definition) is 1. The Balaban J connectivity index is 1.83. The third-order valence-electron chi connectivity index (χ3n) is 3.77. The number of aromatic nitrogens is 1. The van der Waals surface area contributed by atoms with Gasteiger partial charge in [-0.05, 0) is 39.8 Å². The molecule has 0 saturated carbocycles. The van der Waals surface area contributed by atoms with E-state index >= 15 is 0 Å². The van der Waals surface area contributed by atoms with E-state index in [4.69, 9.17) is 4.74 Å². The fourth-order valence-electron chi connectivity index (χ4n) is 2.41. The van der Waals surface area contributed by atoms with Gasteiger partial charge < -0.3 is 10.1 Å². The molecule has 1 saturated heterocycles.